The van der Waals surface area contributed by atoms with Crippen LogP contribution in [0.15, 0.2) is 0 Å². The van der Waals surface area contributed by atoms with E-state index in [9.17, 15) is 9.59 Å². The molecule has 0 aliphatic rings. The van der Waals surface area contributed by atoms with E-state index >= 15 is 0 Å². The Kier molecular flexibility index (Phi) is 8.32. The Hall–Kier alpha value is -1.14. The van der Waals surface area contributed by atoms with Crippen LogP contribution in [0.3, 0.4) is 0 Å². The van der Waals surface area contributed by atoms with Crippen LogP contribution in [0.2, 0.25) is 0 Å². The molecule has 0 fully saturated rings. The number of amides is 2. The van der Waals surface area contributed by atoms with E-state index in [1.807, 2.05) is 13.8 Å². The van der Waals surface area contributed by atoms with E-state index in [0.717, 1.165) is 12.8 Å². The molecule has 0 saturated carbocycles. The molecule has 0 spiro atoms. The van der Waals surface area contributed by atoms with Crippen molar-refractivity contribution in [1.29, 1.82) is 0 Å². The van der Waals surface area contributed by atoms with Crippen LogP contribution in [0, 0.1) is 5.92 Å². The molecule has 0 aromatic heterocycles. The molecule has 0 aromatic rings. The van der Waals surface area contributed by atoms with E-state index in [4.69, 9.17) is 17.2 Å². The smallest absolute Gasteiger partial charge is 0.240 e. The predicted octanol–water partition coefficient (Wildman–Crippen LogP) is -0.541. The molecular formula is C12H26N4O2. The number of carbonyl (C=O) groups is 2. The molecule has 0 aromatic carbocycles. The molecule has 0 unspecified atom stereocenters. The average Bonchev–Trinajstić information content (AvgIpc) is 2.26. The first-order valence-electron chi connectivity index (χ1n) is 6.43. The van der Waals surface area contributed by atoms with Gasteiger partial charge >= 0.3 is 0 Å². The Morgan fingerprint density at radius 2 is 1.83 bits per heavy atom. The summed E-state index contributed by atoms with van der Waals surface area (Å²) in [4.78, 5) is 23.0. The van der Waals surface area contributed by atoms with Crippen molar-refractivity contribution in [3.05, 3.63) is 0 Å². The van der Waals surface area contributed by atoms with E-state index in [1.54, 1.807) is 0 Å². The molecule has 106 valence electrons. The summed E-state index contributed by atoms with van der Waals surface area (Å²) in [5.41, 5.74) is 16.4. The van der Waals surface area contributed by atoms with Crippen LogP contribution < -0.4 is 22.5 Å². The van der Waals surface area contributed by atoms with Gasteiger partial charge in [-0.15, -0.1) is 0 Å². The molecule has 6 heteroatoms. The number of hydrogen-bond donors (Lipinski definition) is 4. The fourth-order valence-corrected chi connectivity index (χ4v) is 1.67. The summed E-state index contributed by atoms with van der Waals surface area (Å²) in [6.07, 6.45) is 2.65. The molecule has 18 heavy (non-hydrogen) atoms. The van der Waals surface area contributed by atoms with Gasteiger partial charge in [0.05, 0.1) is 6.04 Å². The van der Waals surface area contributed by atoms with E-state index in [1.165, 1.54) is 0 Å². The normalized spacial score (nSPS) is 14.3. The second-order valence-corrected chi connectivity index (χ2v) is 4.98. The fraction of sp³-hybridized carbons (Fsp3) is 0.833. The van der Waals surface area contributed by atoms with Crippen LogP contribution in [0.4, 0.5) is 0 Å². The molecule has 0 aliphatic heterocycles. The van der Waals surface area contributed by atoms with Gasteiger partial charge in [0, 0.05) is 0 Å². The molecule has 2 amide bonds. The standard InChI is InChI=1S/C12H26N4O2/c1-8(2)7-9(14)12(18)16-10(11(15)17)5-3-4-6-13/h8-10H,3-7,13-14H2,1-2H3,(H2,15,17)(H,16,18)/t9-,10-/m0/s1. The van der Waals surface area contributed by atoms with Gasteiger partial charge < -0.3 is 22.5 Å². The van der Waals surface area contributed by atoms with Gasteiger partial charge in [0.15, 0.2) is 0 Å². The van der Waals surface area contributed by atoms with Gasteiger partial charge in [-0.05, 0) is 38.1 Å². The maximum atomic E-state index is 11.8. The molecule has 2 atom stereocenters. The third-order valence-electron chi connectivity index (χ3n) is 2.67. The molecule has 0 heterocycles. The molecule has 0 saturated heterocycles. The fourth-order valence-electron chi connectivity index (χ4n) is 1.67. The number of carbonyl (C=O) groups excluding carboxylic acids is 2. The van der Waals surface area contributed by atoms with Crippen LogP contribution >= 0.6 is 0 Å². The van der Waals surface area contributed by atoms with Gasteiger partial charge in [-0.2, -0.15) is 0 Å². The van der Waals surface area contributed by atoms with E-state index < -0.39 is 18.0 Å². The topological polar surface area (TPSA) is 124 Å². The summed E-state index contributed by atoms with van der Waals surface area (Å²) < 4.78 is 0. The SMILES string of the molecule is CC(C)C[C@H](N)C(=O)N[C@@H](CCCCN)C(N)=O. The first-order chi connectivity index (χ1) is 8.38. The van der Waals surface area contributed by atoms with Crippen LogP contribution in [-0.4, -0.2) is 30.4 Å². The minimum Gasteiger partial charge on any atom is -0.368 e. The van der Waals surface area contributed by atoms with Crippen LogP contribution in [-0.2, 0) is 9.59 Å². The molecule has 0 bridgehead atoms. The van der Waals surface area contributed by atoms with Crippen molar-refractivity contribution >= 4 is 11.8 Å². The van der Waals surface area contributed by atoms with Crippen molar-refractivity contribution in [2.24, 2.45) is 23.1 Å². The third kappa shape index (κ3) is 7.24. The second kappa shape index (κ2) is 8.88. The Morgan fingerprint density at radius 1 is 1.22 bits per heavy atom. The van der Waals surface area contributed by atoms with E-state index in [2.05, 4.69) is 5.32 Å². The Bertz CT molecular complexity index is 269. The Labute approximate surface area is 109 Å². The maximum Gasteiger partial charge on any atom is 0.240 e. The van der Waals surface area contributed by atoms with Crippen molar-refractivity contribution in [3.63, 3.8) is 0 Å². The lowest BCUT2D eigenvalue weighted by molar-refractivity contribution is -0.128. The van der Waals surface area contributed by atoms with Crippen molar-refractivity contribution in [2.45, 2.75) is 51.6 Å². The summed E-state index contributed by atoms with van der Waals surface area (Å²) in [6, 6.07) is -1.25. The van der Waals surface area contributed by atoms with Crippen molar-refractivity contribution in [1.82, 2.24) is 5.32 Å². The van der Waals surface area contributed by atoms with Crippen molar-refractivity contribution in [2.75, 3.05) is 6.54 Å². The largest absolute Gasteiger partial charge is 0.368 e. The zero-order valence-electron chi connectivity index (χ0n) is 11.3. The minimum absolute atomic E-state index is 0.319. The number of unbranched alkanes of at least 4 members (excludes halogenated alkanes) is 1. The van der Waals surface area contributed by atoms with Crippen LogP contribution in [0.5, 0.6) is 0 Å². The van der Waals surface area contributed by atoms with Crippen molar-refractivity contribution in [3.8, 4) is 0 Å². The lowest BCUT2D eigenvalue weighted by Crippen LogP contribution is -2.50. The lowest BCUT2D eigenvalue weighted by Gasteiger charge is -2.19. The molecule has 0 rings (SSSR count). The molecule has 7 N–H and O–H groups in total. The third-order valence-corrected chi connectivity index (χ3v) is 2.67. The summed E-state index contributed by atoms with van der Waals surface area (Å²) in [6.45, 7) is 4.53. The first kappa shape index (κ1) is 16.9. The zero-order chi connectivity index (χ0) is 14.1. The zero-order valence-corrected chi connectivity index (χ0v) is 11.3. The average molecular weight is 258 g/mol. The summed E-state index contributed by atoms with van der Waals surface area (Å²) in [5.74, 6) is -0.521. The van der Waals surface area contributed by atoms with Gasteiger partial charge in [0.25, 0.3) is 0 Å². The minimum atomic E-state index is -0.651. The predicted molar refractivity (Wildman–Crippen MR) is 71.5 cm³/mol. The van der Waals surface area contributed by atoms with E-state index in [0.29, 0.717) is 25.3 Å². The van der Waals surface area contributed by atoms with Gasteiger partial charge in [-0.25, -0.2) is 0 Å². The highest BCUT2D eigenvalue weighted by atomic mass is 16.2. The molecule has 0 aliphatic carbocycles. The lowest BCUT2D eigenvalue weighted by atomic mass is 10.0. The van der Waals surface area contributed by atoms with Gasteiger partial charge in [-0.3, -0.25) is 9.59 Å². The number of hydrogen-bond acceptors (Lipinski definition) is 4. The summed E-state index contributed by atoms with van der Waals surface area (Å²) in [5, 5.41) is 2.60. The highest BCUT2D eigenvalue weighted by Gasteiger charge is 2.21. The van der Waals surface area contributed by atoms with Crippen LogP contribution in [0.25, 0.3) is 0 Å². The maximum absolute atomic E-state index is 11.8. The first-order valence-corrected chi connectivity index (χ1v) is 6.43. The Morgan fingerprint density at radius 3 is 2.28 bits per heavy atom. The monoisotopic (exact) mass is 258 g/mol. The molecular weight excluding hydrogens is 232 g/mol. The van der Waals surface area contributed by atoms with Crippen molar-refractivity contribution < 1.29 is 9.59 Å². The highest BCUT2D eigenvalue weighted by Crippen LogP contribution is 2.05. The van der Waals surface area contributed by atoms with Gasteiger partial charge in [0.1, 0.15) is 6.04 Å². The Balaban J connectivity index is 4.22. The molecule has 0 radical (unpaired) electrons. The summed E-state index contributed by atoms with van der Waals surface area (Å²) in [7, 11) is 0. The number of primary amides is 1. The number of rotatable bonds is 9. The number of nitrogens with two attached hydrogens (primary N) is 3. The van der Waals surface area contributed by atoms with Gasteiger partial charge in [-0.1, -0.05) is 13.8 Å². The van der Waals surface area contributed by atoms with Crippen LogP contribution in [0.1, 0.15) is 39.5 Å². The highest BCUT2D eigenvalue weighted by molar-refractivity contribution is 5.88. The van der Waals surface area contributed by atoms with Gasteiger partial charge in [0.2, 0.25) is 11.8 Å². The van der Waals surface area contributed by atoms with E-state index in [-0.39, 0.29) is 5.91 Å². The quantitative estimate of drug-likeness (QED) is 0.414. The summed E-state index contributed by atoms with van der Waals surface area (Å²) >= 11 is 0. The molecule has 6 nitrogen and oxygen atoms in total. The number of nitrogens with one attached hydrogen (secondary N) is 1. The second-order valence-electron chi connectivity index (χ2n) is 4.98.